The number of rotatable bonds is 3. The van der Waals surface area contributed by atoms with E-state index in [1.807, 2.05) is 13.8 Å². The molecule has 0 aliphatic heterocycles. The van der Waals surface area contributed by atoms with E-state index in [4.69, 9.17) is 4.74 Å². The predicted molar refractivity (Wildman–Crippen MR) is 97.7 cm³/mol. The third kappa shape index (κ3) is 3.14. The third-order valence-corrected chi connectivity index (χ3v) is 5.44. The van der Waals surface area contributed by atoms with Crippen molar-refractivity contribution in [2.45, 2.75) is 26.9 Å². The Kier molecular flexibility index (Phi) is 4.56. The van der Waals surface area contributed by atoms with Gasteiger partial charge in [-0.25, -0.2) is 9.78 Å². The summed E-state index contributed by atoms with van der Waals surface area (Å²) in [5.74, 6) is -0.115. The van der Waals surface area contributed by atoms with Gasteiger partial charge >= 0.3 is 5.97 Å². The first-order valence-corrected chi connectivity index (χ1v) is 8.94. The van der Waals surface area contributed by atoms with E-state index >= 15 is 0 Å². The van der Waals surface area contributed by atoms with Crippen LogP contribution in [0.2, 0.25) is 0 Å². The molecule has 0 spiro atoms. The number of aromatic amines is 1. The lowest BCUT2D eigenvalue weighted by Gasteiger charge is -2.12. The van der Waals surface area contributed by atoms with Crippen LogP contribution in [-0.2, 0) is 4.74 Å². The number of aryl methyl sites for hydroxylation is 2. The largest absolute Gasteiger partial charge is 0.451 e. The number of nitrogens with one attached hydrogen (secondary N) is 1. The molecule has 1 atom stereocenters. The molecule has 3 aromatic rings. The highest BCUT2D eigenvalue weighted by Crippen LogP contribution is 2.27. The normalized spacial score (nSPS) is 12.3. The standard InChI is InChI=1S/C17H15BrN2O3S/c1-8-10(3)24-16-13(8)15(21)19-14(20-16)9(2)23-17(22)11-4-6-12(18)7-5-11/h4-7,9H,1-3H3,(H,19,20,21)/t9-/m0/s1. The molecule has 124 valence electrons. The van der Waals surface area contributed by atoms with Gasteiger partial charge in [-0.15, -0.1) is 11.3 Å². The fourth-order valence-electron chi connectivity index (χ4n) is 2.33. The number of nitrogens with zero attached hydrogens (tertiary/aromatic N) is 1. The first-order chi connectivity index (χ1) is 11.4. The Bertz CT molecular complexity index is 976. The van der Waals surface area contributed by atoms with Crippen molar-refractivity contribution in [2.75, 3.05) is 0 Å². The molecule has 2 aromatic heterocycles. The summed E-state index contributed by atoms with van der Waals surface area (Å²) in [6, 6.07) is 6.88. The lowest BCUT2D eigenvalue weighted by Crippen LogP contribution is -2.17. The molecule has 0 unspecified atom stereocenters. The number of fused-ring (bicyclic) bond motifs is 1. The van der Waals surface area contributed by atoms with E-state index in [0.717, 1.165) is 14.9 Å². The van der Waals surface area contributed by atoms with Gasteiger partial charge in [0, 0.05) is 9.35 Å². The number of ether oxygens (including phenoxy) is 1. The second kappa shape index (κ2) is 6.49. The molecule has 5 nitrogen and oxygen atoms in total. The third-order valence-electron chi connectivity index (χ3n) is 3.81. The van der Waals surface area contributed by atoms with Gasteiger partial charge in [-0.2, -0.15) is 0 Å². The molecular formula is C17H15BrN2O3S. The minimum absolute atomic E-state index is 0.205. The van der Waals surface area contributed by atoms with Gasteiger partial charge < -0.3 is 9.72 Å². The van der Waals surface area contributed by atoms with E-state index in [0.29, 0.717) is 21.6 Å². The molecule has 0 saturated carbocycles. The fraction of sp³-hybridized carbons (Fsp3) is 0.235. The van der Waals surface area contributed by atoms with Crippen LogP contribution < -0.4 is 5.56 Å². The predicted octanol–water partition coefficient (Wildman–Crippen LogP) is 4.28. The highest BCUT2D eigenvalue weighted by molar-refractivity contribution is 9.10. The Morgan fingerprint density at radius 1 is 1.29 bits per heavy atom. The zero-order valence-corrected chi connectivity index (χ0v) is 15.7. The number of H-pyrrole nitrogens is 1. The average Bonchev–Trinajstić information content (AvgIpc) is 2.82. The highest BCUT2D eigenvalue weighted by Gasteiger charge is 2.19. The highest BCUT2D eigenvalue weighted by atomic mass is 79.9. The molecule has 0 saturated heterocycles. The van der Waals surface area contributed by atoms with Crippen molar-refractivity contribution in [3.63, 3.8) is 0 Å². The zero-order chi connectivity index (χ0) is 17.4. The first-order valence-electron chi connectivity index (χ1n) is 7.33. The number of carbonyl (C=O) groups excluding carboxylic acids is 1. The summed E-state index contributed by atoms with van der Waals surface area (Å²) in [4.78, 5) is 33.4. The summed E-state index contributed by atoms with van der Waals surface area (Å²) in [7, 11) is 0. The van der Waals surface area contributed by atoms with E-state index in [1.165, 1.54) is 11.3 Å². The maximum atomic E-state index is 12.3. The maximum absolute atomic E-state index is 12.3. The van der Waals surface area contributed by atoms with Crippen LogP contribution in [0.5, 0.6) is 0 Å². The van der Waals surface area contributed by atoms with Gasteiger partial charge in [-0.3, -0.25) is 4.79 Å². The molecule has 0 radical (unpaired) electrons. The van der Waals surface area contributed by atoms with Gasteiger partial charge in [-0.1, -0.05) is 15.9 Å². The van der Waals surface area contributed by atoms with Crippen LogP contribution in [-0.4, -0.2) is 15.9 Å². The number of halogens is 1. The van der Waals surface area contributed by atoms with Crippen molar-refractivity contribution in [1.29, 1.82) is 0 Å². The zero-order valence-electron chi connectivity index (χ0n) is 13.3. The number of aromatic nitrogens is 2. The minimum atomic E-state index is -0.652. The molecule has 0 aliphatic rings. The molecule has 0 fully saturated rings. The molecule has 2 heterocycles. The molecule has 24 heavy (non-hydrogen) atoms. The van der Waals surface area contributed by atoms with Crippen LogP contribution in [0.1, 0.15) is 39.7 Å². The van der Waals surface area contributed by atoms with Crippen LogP contribution in [0.15, 0.2) is 33.5 Å². The second-order valence-electron chi connectivity index (χ2n) is 5.47. The van der Waals surface area contributed by atoms with Crippen LogP contribution in [0.25, 0.3) is 10.2 Å². The Balaban J connectivity index is 1.88. The topological polar surface area (TPSA) is 72.0 Å². The van der Waals surface area contributed by atoms with Gasteiger partial charge in [0.15, 0.2) is 11.9 Å². The molecular weight excluding hydrogens is 392 g/mol. The van der Waals surface area contributed by atoms with Crippen molar-refractivity contribution in [3.05, 3.63) is 60.9 Å². The van der Waals surface area contributed by atoms with Gasteiger partial charge in [0.25, 0.3) is 5.56 Å². The molecule has 0 bridgehead atoms. The van der Waals surface area contributed by atoms with Gasteiger partial charge in [-0.05, 0) is 50.6 Å². The quantitative estimate of drug-likeness (QED) is 0.658. The fourth-order valence-corrected chi connectivity index (χ4v) is 3.64. The lowest BCUT2D eigenvalue weighted by molar-refractivity contribution is 0.0320. The molecule has 1 aromatic carbocycles. The van der Waals surface area contributed by atoms with Gasteiger partial charge in [0.1, 0.15) is 4.83 Å². The van der Waals surface area contributed by atoms with Crippen molar-refractivity contribution in [1.82, 2.24) is 9.97 Å². The molecule has 1 N–H and O–H groups in total. The summed E-state index contributed by atoms with van der Waals surface area (Å²) in [6.07, 6.45) is -0.652. The van der Waals surface area contributed by atoms with Crippen molar-refractivity contribution in [3.8, 4) is 0 Å². The number of hydrogen-bond donors (Lipinski definition) is 1. The maximum Gasteiger partial charge on any atom is 0.338 e. The summed E-state index contributed by atoms with van der Waals surface area (Å²) < 4.78 is 6.30. The SMILES string of the molecule is Cc1sc2nc([C@H](C)OC(=O)c3ccc(Br)cc3)[nH]c(=O)c2c1C. The lowest BCUT2D eigenvalue weighted by atomic mass is 10.2. The summed E-state index contributed by atoms with van der Waals surface area (Å²) >= 11 is 4.78. The van der Waals surface area contributed by atoms with E-state index < -0.39 is 12.1 Å². The number of thiophene rings is 1. The first kappa shape index (κ1) is 16.9. The Labute approximate surface area is 150 Å². The molecule has 0 amide bonds. The number of esters is 1. The molecule has 0 aliphatic carbocycles. The number of carbonyl (C=O) groups is 1. The van der Waals surface area contributed by atoms with Crippen molar-refractivity contribution < 1.29 is 9.53 Å². The van der Waals surface area contributed by atoms with E-state index in [-0.39, 0.29) is 5.56 Å². The number of hydrogen-bond acceptors (Lipinski definition) is 5. The van der Waals surface area contributed by atoms with E-state index in [1.54, 1.807) is 31.2 Å². The van der Waals surface area contributed by atoms with Crippen LogP contribution in [0, 0.1) is 13.8 Å². The Morgan fingerprint density at radius 2 is 1.96 bits per heavy atom. The number of benzene rings is 1. The van der Waals surface area contributed by atoms with Crippen molar-refractivity contribution in [2.24, 2.45) is 0 Å². The minimum Gasteiger partial charge on any atom is -0.451 e. The van der Waals surface area contributed by atoms with Crippen molar-refractivity contribution >= 4 is 43.5 Å². The van der Waals surface area contributed by atoms with Gasteiger partial charge in [0.05, 0.1) is 10.9 Å². The summed E-state index contributed by atoms with van der Waals surface area (Å²) in [5.41, 5.74) is 1.18. The summed E-state index contributed by atoms with van der Waals surface area (Å²) in [6.45, 7) is 5.55. The van der Waals surface area contributed by atoms with Crippen LogP contribution >= 0.6 is 27.3 Å². The molecule has 3 rings (SSSR count). The average molecular weight is 407 g/mol. The van der Waals surface area contributed by atoms with E-state index in [9.17, 15) is 9.59 Å². The van der Waals surface area contributed by atoms with Gasteiger partial charge in [0.2, 0.25) is 0 Å². The monoisotopic (exact) mass is 406 g/mol. The van der Waals surface area contributed by atoms with Crippen LogP contribution in [0.4, 0.5) is 0 Å². The van der Waals surface area contributed by atoms with E-state index in [2.05, 4.69) is 25.9 Å². The molecule has 7 heteroatoms. The van der Waals surface area contributed by atoms with Crippen LogP contribution in [0.3, 0.4) is 0 Å². The smallest absolute Gasteiger partial charge is 0.338 e. The Morgan fingerprint density at radius 3 is 2.62 bits per heavy atom. The Hall–Kier alpha value is -1.99. The summed E-state index contributed by atoms with van der Waals surface area (Å²) in [5, 5.41) is 0.604. The second-order valence-corrected chi connectivity index (χ2v) is 7.59.